The molecular formula is C19H26ClNO2. The van der Waals surface area contributed by atoms with E-state index in [-0.39, 0.29) is 11.3 Å². The van der Waals surface area contributed by atoms with E-state index in [9.17, 15) is 4.79 Å². The van der Waals surface area contributed by atoms with Gasteiger partial charge < -0.3 is 9.64 Å². The minimum absolute atomic E-state index is 0.211. The zero-order valence-corrected chi connectivity index (χ0v) is 14.6. The molecule has 0 N–H and O–H groups in total. The van der Waals surface area contributed by atoms with Gasteiger partial charge in [-0.1, -0.05) is 30.2 Å². The molecule has 4 heteroatoms. The number of carbonyl (C=O) groups excluding carboxylic acids is 1. The van der Waals surface area contributed by atoms with Crippen molar-refractivity contribution in [3.05, 3.63) is 34.9 Å². The van der Waals surface area contributed by atoms with Crippen LogP contribution in [0.1, 0.15) is 44.1 Å². The molecule has 1 aromatic carbocycles. The van der Waals surface area contributed by atoms with Gasteiger partial charge in [0.15, 0.2) is 0 Å². The Morgan fingerprint density at radius 2 is 2.04 bits per heavy atom. The number of halogens is 1. The van der Waals surface area contributed by atoms with Crippen LogP contribution in [0.5, 0.6) is 0 Å². The number of rotatable bonds is 4. The summed E-state index contributed by atoms with van der Waals surface area (Å²) in [6, 6.07) is 7.79. The number of amides is 1. The Bertz CT molecular complexity index is 545. The first-order valence-electron chi connectivity index (χ1n) is 8.68. The van der Waals surface area contributed by atoms with Crippen LogP contribution in [0.15, 0.2) is 24.3 Å². The van der Waals surface area contributed by atoms with Crippen molar-refractivity contribution in [1.29, 1.82) is 0 Å². The number of hydrogen-bond acceptors (Lipinski definition) is 2. The van der Waals surface area contributed by atoms with E-state index < -0.39 is 0 Å². The van der Waals surface area contributed by atoms with Gasteiger partial charge in [-0.2, -0.15) is 0 Å². The summed E-state index contributed by atoms with van der Waals surface area (Å²) in [6.07, 6.45) is 7.57. The van der Waals surface area contributed by atoms with E-state index in [1.54, 1.807) is 0 Å². The second kappa shape index (κ2) is 7.23. The lowest BCUT2D eigenvalue weighted by Gasteiger charge is -2.43. The molecule has 3 rings (SSSR count). The normalized spacial score (nSPS) is 27.6. The SMILES string of the molecule is CO[C@@H]1CCC[C@]12CCCN(C(=O)CCc1ccc(Cl)cc1)C2. The van der Waals surface area contributed by atoms with Crippen molar-refractivity contribution in [2.75, 3.05) is 20.2 Å². The molecule has 1 saturated heterocycles. The van der Waals surface area contributed by atoms with Crippen LogP contribution < -0.4 is 0 Å². The summed E-state index contributed by atoms with van der Waals surface area (Å²) in [6.45, 7) is 1.78. The Morgan fingerprint density at radius 3 is 2.78 bits per heavy atom. The molecule has 2 fully saturated rings. The summed E-state index contributed by atoms with van der Waals surface area (Å²) < 4.78 is 5.72. The number of hydrogen-bond donors (Lipinski definition) is 0. The fourth-order valence-electron chi connectivity index (χ4n) is 4.37. The predicted octanol–water partition coefficient (Wildman–Crippen LogP) is 4.08. The van der Waals surface area contributed by atoms with Crippen LogP contribution in [0, 0.1) is 5.41 Å². The van der Waals surface area contributed by atoms with Gasteiger partial charge in [0.2, 0.25) is 5.91 Å². The van der Waals surface area contributed by atoms with Gasteiger partial charge in [0, 0.05) is 37.1 Å². The molecule has 1 amide bonds. The largest absolute Gasteiger partial charge is 0.381 e. The zero-order valence-electron chi connectivity index (χ0n) is 13.9. The number of carbonyl (C=O) groups is 1. The first-order chi connectivity index (χ1) is 11.1. The van der Waals surface area contributed by atoms with Gasteiger partial charge in [-0.25, -0.2) is 0 Å². The van der Waals surface area contributed by atoms with Crippen LogP contribution in [-0.2, 0) is 16.0 Å². The van der Waals surface area contributed by atoms with Crippen molar-refractivity contribution in [1.82, 2.24) is 4.90 Å². The molecule has 1 aliphatic heterocycles. The number of piperidine rings is 1. The molecule has 0 unspecified atom stereocenters. The topological polar surface area (TPSA) is 29.5 Å². The van der Waals surface area contributed by atoms with Gasteiger partial charge in [-0.3, -0.25) is 4.79 Å². The third-order valence-electron chi connectivity index (χ3n) is 5.61. The molecule has 3 nitrogen and oxygen atoms in total. The van der Waals surface area contributed by atoms with Gasteiger partial charge in [0.1, 0.15) is 0 Å². The molecule has 0 bridgehead atoms. The summed E-state index contributed by atoms with van der Waals surface area (Å²) in [4.78, 5) is 14.7. The zero-order chi connectivity index (χ0) is 16.3. The Morgan fingerprint density at radius 1 is 1.30 bits per heavy atom. The first kappa shape index (κ1) is 16.8. The van der Waals surface area contributed by atoms with E-state index in [2.05, 4.69) is 4.90 Å². The van der Waals surface area contributed by atoms with Gasteiger partial charge in [0.05, 0.1) is 6.10 Å². The maximum atomic E-state index is 12.6. The Kier molecular flexibility index (Phi) is 5.27. The minimum Gasteiger partial charge on any atom is -0.381 e. The van der Waals surface area contributed by atoms with E-state index in [0.29, 0.717) is 12.5 Å². The summed E-state index contributed by atoms with van der Waals surface area (Å²) in [5, 5.41) is 0.741. The lowest BCUT2D eigenvalue weighted by molar-refractivity contribution is -0.137. The van der Waals surface area contributed by atoms with Gasteiger partial charge >= 0.3 is 0 Å². The lowest BCUT2D eigenvalue weighted by Crippen LogP contribution is -2.49. The van der Waals surface area contributed by atoms with Crippen molar-refractivity contribution in [3.63, 3.8) is 0 Å². The second-order valence-electron chi connectivity index (χ2n) is 7.02. The smallest absolute Gasteiger partial charge is 0.222 e. The van der Waals surface area contributed by atoms with E-state index in [4.69, 9.17) is 16.3 Å². The van der Waals surface area contributed by atoms with Gasteiger partial charge in [-0.05, 0) is 49.8 Å². The van der Waals surface area contributed by atoms with Gasteiger partial charge in [0.25, 0.3) is 0 Å². The molecule has 126 valence electrons. The molecule has 0 aromatic heterocycles. The number of ether oxygens (including phenoxy) is 1. The fourth-order valence-corrected chi connectivity index (χ4v) is 4.50. The van der Waals surface area contributed by atoms with Crippen LogP contribution in [0.25, 0.3) is 0 Å². The molecule has 1 saturated carbocycles. The molecule has 0 radical (unpaired) electrons. The van der Waals surface area contributed by atoms with Crippen LogP contribution in [0.3, 0.4) is 0 Å². The molecule has 1 heterocycles. The highest BCUT2D eigenvalue weighted by molar-refractivity contribution is 6.30. The Hall–Kier alpha value is -1.06. The van der Waals surface area contributed by atoms with E-state index >= 15 is 0 Å². The van der Waals surface area contributed by atoms with Crippen molar-refractivity contribution >= 4 is 17.5 Å². The van der Waals surface area contributed by atoms with E-state index in [0.717, 1.165) is 37.4 Å². The highest BCUT2D eigenvalue weighted by atomic mass is 35.5. The summed E-state index contributed by atoms with van der Waals surface area (Å²) in [7, 11) is 1.82. The summed E-state index contributed by atoms with van der Waals surface area (Å²) in [5.41, 5.74) is 1.38. The third kappa shape index (κ3) is 3.72. The maximum absolute atomic E-state index is 12.6. The van der Waals surface area contributed by atoms with Crippen LogP contribution >= 0.6 is 11.6 Å². The molecule has 2 aliphatic rings. The van der Waals surface area contributed by atoms with Gasteiger partial charge in [-0.15, -0.1) is 0 Å². The standard InChI is InChI=1S/C19H26ClNO2/c1-23-17-4-2-11-19(17)12-3-13-21(14-19)18(22)10-7-15-5-8-16(20)9-6-15/h5-6,8-9,17H,2-4,7,10-14H2,1H3/t17-,19-/m1/s1. The van der Waals surface area contributed by atoms with Crippen LogP contribution in [0.4, 0.5) is 0 Å². The minimum atomic E-state index is 0.211. The highest BCUT2D eigenvalue weighted by Gasteiger charge is 2.46. The van der Waals surface area contributed by atoms with Crippen molar-refractivity contribution in [2.24, 2.45) is 5.41 Å². The molecular weight excluding hydrogens is 310 g/mol. The number of methoxy groups -OCH3 is 1. The summed E-state index contributed by atoms with van der Waals surface area (Å²) >= 11 is 5.91. The van der Waals surface area contributed by atoms with Crippen LogP contribution in [0.2, 0.25) is 5.02 Å². The highest BCUT2D eigenvalue weighted by Crippen LogP contribution is 2.46. The van der Waals surface area contributed by atoms with Crippen molar-refractivity contribution < 1.29 is 9.53 Å². The molecule has 23 heavy (non-hydrogen) atoms. The molecule has 1 aromatic rings. The second-order valence-corrected chi connectivity index (χ2v) is 7.46. The van der Waals surface area contributed by atoms with E-state index in [1.807, 2.05) is 31.4 Å². The average Bonchev–Trinajstić information content (AvgIpc) is 2.95. The lowest BCUT2D eigenvalue weighted by atomic mass is 9.76. The predicted molar refractivity (Wildman–Crippen MR) is 92.7 cm³/mol. The van der Waals surface area contributed by atoms with E-state index in [1.165, 1.54) is 24.8 Å². The van der Waals surface area contributed by atoms with Crippen molar-refractivity contribution in [3.8, 4) is 0 Å². The quantitative estimate of drug-likeness (QED) is 0.829. The third-order valence-corrected chi connectivity index (χ3v) is 5.86. The van der Waals surface area contributed by atoms with Crippen LogP contribution in [-0.4, -0.2) is 37.1 Å². The number of aryl methyl sites for hydroxylation is 1. The maximum Gasteiger partial charge on any atom is 0.222 e. The molecule has 1 aliphatic carbocycles. The first-order valence-corrected chi connectivity index (χ1v) is 9.06. The molecule has 2 atom stereocenters. The number of benzene rings is 1. The monoisotopic (exact) mass is 335 g/mol. The Labute approximate surface area is 144 Å². The summed E-state index contributed by atoms with van der Waals surface area (Å²) in [5.74, 6) is 0.278. The average molecular weight is 336 g/mol. The Balaban J connectivity index is 1.58. The molecule has 1 spiro atoms. The number of likely N-dealkylation sites (tertiary alicyclic amines) is 1. The fraction of sp³-hybridized carbons (Fsp3) is 0.632. The number of nitrogens with zero attached hydrogens (tertiary/aromatic N) is 1. The van der Waals surface area contributed by atoms with Crippen molar-refractivity contribution in [2.45, 2.75) is 51.0 Å².